The molecule has 4 nitrogen and oxygen atoms in total. The lowest BCUT2D eigenvalue weighted by molar-refractivity contribution is 1.08. The highest BCUT2D eigenvalue weighted by atomic mass is 35.5. The maximum atomic E-state index is 5.81. The highest BCUT2D eigenvalue weighted by Gasteiger charge is 2.06. The molecule has 0 bridgehead atoms. The molecule has 1 rings (SSSR count). The highest BCUT2D eigenvalue weighted by molar-refractivity contribution is 7.99. The normalized spacial score (nSPS) is 9.81. The molecule has 0 fully saturated rings. The van der Waals surface area contributed by atoms with Crippen LogP contribution in [0.5, 0.6) is 0 Å². The molecular weight excluding hydrogens is 244 g/mol. The number of halogens is 1. The van der Waals surface area contributed by atoms with Crippen LogP contribution in [0, 0.1) is 19.3 Å². The summed E-state index contributed by atoms with van der Waals surface area (Å²) in [6.07, 6.45) is 5.14. The van der Waals surface area contributed by atoms with Gasteiger partial charge in [0.1, 0.15) is 0 Å². The van der Waals surface area contributed by atoms with Crippen LogP contribution in [-0.4, -0.2) is 28.0 Å². The van der Waals surface area contributed by atoms with Crippen LogP contribution in [0.3, 0.4) is 0 Å². The van der Waals surface area contributed by atoms with Gasteiger partial charge in [-0.05, 0) is 18.5 Å². The second kappa shape index (κ2) is 6.46. The first-order valence-corrected chi connectivity index (χ1v) is 6.23. The molecular formula is C10H13ClN4S. The van der Waals surface area contributed by atoms with Gasteiger partial charge in [0.15, 0.2) is 5.82 Å². The van der Waals surface area contributed by atoms with Crippen LogP contribution in [0.15, 0.2) is 0 Å². The van der Waals surface area contributed by atoms with E-state index in [4.69, 9.17) is 23.8 Å². The number of nitrogens with two attached hydrogens (primary N) is 1. The summed E-state index contributed by atoms with van der Waals surface area (Å²) in [5.74, 6) is 4.74. The zero-order chi connectivity index (χ0) is 12.0. The summed E-state index contributed by atoms with van der Waals surface area (Å²) in [5.41, 5.74) is 7.02. The molecule has 6 heteroatoms. The molecule has 0 radical (unpaired) electrons. The van der Waals surface area contributed by atoms with Gasteiger partial charge in [0.05, 0.1) is 17.1 Å². The number of nitrogens with one attached hydrogen (secondary N) is 1. The van der Waals surface area contributed by atoms with Crippen molar-refractivity contribution in [2.24, 2.45) is 0 Å². The minimum Gasteiger partial charge on any atom is -0.394 e. The number of nitrogen functional groups attached to an aromatic ring is 1. The molecule has 1 heterocycles. The number of thioether (sulfide) groups is 1. The summed E-state index contributed by atoms with van der Waals surface area (Å²) in [6.45, 7) is 2.53. The molecule has 0 amide bonds. The number of hydrogen-bond donors (Lipinski definition) is 2. The van der Waals surface area contributed by atoms with Gasteiger partial charge < -0.3 is 11.1 Å². The third-order valence-electron chi connectivity index (χ3n) is 1.83. The molecule has 1 aromatic rings. The van der Waals surface area contributed by atoms with E-state index in [0.29, 0.717) is 23.0 Å². The Labute approximate surface area is 104 Å². The van der Waals surface area contributed by atoms with Crippen molar-refractivity contribution in [2.45, 2.75) is 6.92 Å². The maximum absolute atomic E-state index is 5.81. The van der Waals surface area contributed by atoms with E-state index >= 15 is 0 Å². The fourth-order valence-electron chi connectivity index (χ4n) is 1.05. The van der Waals surface area contributed by atoms with Gasteiger partial charge in [-0.1, -0.05) is 5.92 Å². The summed E-state index contributed by atoms with van der Waals surface area (Å²) in [6, 6.07) is 0. The number of hydrogen-bond acceptors (Lipinski definition) is 5. The standard InChI is InChI=1S/C10H13ClN4S/c1-3-5-16-6-4-13-9-8(12)7(2)14-10(11)15-9/h1H,4-6,12H2,2H3,(H,13,14,15). The molecule has 86 valence electrons. The summed E-state index contributed by atoms with van der Waals surface area (Å²) in [7, 11) is 0. The second-order valence-corrected chi connectivity index (χ2v) is 4.47. The molecule has 0 saturated heterocycles. The van der Waals surface area contributed by atoms with Crippen molar-refractivity contribution in [1.29, 1.82) is 0 Å². The highest BCUT2D eigenvalue weighted by Crippen LogP contribution is 2.20. The van der Waals surface area contributed by atoms with Crippen molar-refractivity contribution in [2.75, 3.05) is 29.1 Å². The van der Waals surface area contributed by atoms with E-state index in [0.717, 1.165) is 12.3 Å². The fourth-order valence-corrected chi connectivity index (χ4v) is 1.77. The first kappa shape index (κ1) is 12.9. The van der Waals surface area contributed by atoms with E-state index in [9.17, 15) is 0 Å². The Morgan fingerprint density at radius 3 is 3.00 bits per heavy atom. The number of rotatable bonds is 5. The number of aryl methyl sites for hydroxylation is 1. The Hall–Kier alpha value is -1.12. The third-order valence-corrected chi connectivity index (χ3v) is 2.87. The lowest BCUT2D eigenvalue weighted by Crippen LogP contribution is -2.10. The Balaban J connectivity index is 2.51. The third kappa shape index (κ3) is 3.80. The monoisotopic (exact) mass is 256 g/mol. The maximum Gasteiger partial charge on any atom is 0.224 e. The Kier molecular flexibility index (Phi) is 5.23. The molecule has 16 heavy (non-hydrogen) atoms. The summed E-state index contributed by atoms with van der Waals surface area (Å²) >= 11 is 7.41. The van der Waals surface area contributed by atoms with E-state index in [-0.39, 0.29) is 5.28 Å². The van der Waals surface area contributed by atoms with Crippen LogP contribution in [0.25, 0.3) is 0 Å². The van der Waals surface area contributed by atoms with Gasteiger partial charge in [-0.3, -0.25) is 0 Å². The second-order valence-electron chi connectivity index (χ2n) is 3.02. The fraction of sp³-hybridized carbons (Fsp3) is 0.400. The van der Waals surface area contributed by atoms with E-state index in [1.165, 1.54) is 0 Å². The minimum atomic E-state index is 0.200. The SMILES string of the molecule is C#CCSCCNc1nc(Cl)nc(C)c1N. The molecule has 0 aliphatic heterocycles. The van der Waals surface area contributed by atoms with E-state index in [1.54, 1.807) is 18.7 Å². The Bertz CT molecular complexity index is 403. The molecule has 3 N–H and O–H groups in total. The van der Waals surface area contributed by atoms with Crippen LogP contribution in [0.2, 0.25) is 5.28 Å². The molecule has 0 aliphatic carbocycles. The zero-order valence-corrected chi connectivity index (χ0v) is 10.5. The molecule has 0 saturated carbocycles. The van der Waals surface area contributed by atoms with Crippen LogP contribution in [0.4, 0.5) is 11.5 Å². The summed E-state index contributed by atoms with van der Waals surface area (Å²) in [5, 5.41) is 3.30. The lowest BCUT2D eigenvalue weighted by Gasteiger charge is -2.09. The van der Waals surface area contributed by atoms with Gasteiger partial charge in [0.2, 0.25) is 5.28 Å². The van der Waals surface area contributed by atoms with Crippen molar-refractivity contribution in [3.05, 3.63) is 11.0 Å². The number of aromatic nitrogens is 2. The van der Waals surface area contributed by atoms with Gasteiger partial charge in [0, 0.05) is 12.3 Å². The molecule has 0 spiro atoms. The van der Waals surface area contributed by atoms with Gasteiger partial charge in [-0.15, -0.1) is 18.2 Å². The van der Waals surface area contributed by atoms with Crippen LogP contribution in [-0.2, 0) is 0 Å². The zero-order valence-electron chi connectivity index (χ0n) is 8.96. The molecule has 1 aromatic heterocycles. The first-order valence-electron chi connectivity index (χ1n) is 4.70. The van der Waals surface area contributed by atoms with Crippen LogP contribution >= 0.6 is 23.4 Å². The van der Waals surface area contributed by atoms with Crippen molar-refractivity contribution >= 4 is 34.9 Å². The first-order chi connectivity index (χ1) is 7.65. The summed E-state index contributed by atoms with van der Waals surface area (Å²) in [4.78, 5) is 7.97. The average molecular weight is 257 g/mol. The van der Waals surface area contributed by atoms with Gasteiger partial charge in [-0.2, -0.15) is 4.98 Å². The summed E-state index contributed by atoms with van der Waals surface area (Å²) < 4.78 is 0. The van der Waals surface area contributed by atoms with Gasteiger partial charge >= 0.3 is 0 Å². The number of anilines is 2. The van der Waals surface area contributed by atoms with E-state index < -0.39 is 0 Å². The predicted octanol–water partition coefficient (Wildman–Crippen LogP) is 1.80. The van der Waals surface area contributed by atoms with E-state index in [1.807, 2.05) is 0 Å². The average Bonchev–Trinajstić information content (AvgIpc) is 2.24. The number of terminal acetylenes is 1. The lowest BCUT2D eigenvalue weighted by atomic mass is 10.3. The van der Waals surface area contributed by atoms with Crippen molar-refractivity contribution in [3.8, 4) is 12.3 Å². The van der Waals surface area contributed by atoms with Crippen molar-refractivity contribution in [3.63, 3.8) is 0 Å². The Morgan fingerprint density at radius 1 is 1.56 bits per heavy atom. The number of nitrogens with zero attached hydrogens (tertiary/aromatic N) is 2. The van der Waals surface area contributed by atoms with Crippen LogP contribution in [0.1, 0.15) is 5.69 Å². The van der Waals surface area contributed by atoms with Crippen molar-refractivity contribution < 1.29 is 0 Å². The smallest absolute Gasteiger partial charge is 0.224 e. The van der Waals surface area contributed by atoms with Gasteiger partial charge in [-0.25, -0.2) is 4.98 Å². The molecule has 0 aliphatic rings. The topological polar surface area (TPSA) is 63.8 Å². The van der Waals surface area contributed by atoms with Crippen LogP contribution < -0.4 is 11.1 Å². The molecule has 0 aromatic carbocycles. The minimum absolute atomic E-state index is 0.200. The quantitative estimate of drug-likeness (QED) is 0.478. The van der Waals surface area contributed by atoms with Crippen molar-refractivity contribution in [1.82, 2.24) is 9.97 Å². The predicted molar refractivity (Wildman–Crippen MR) is 70.8 cm³/mol. The largest absolute Gasteiger partial charge is 0.394 e. The Morgan fingerprint density at radius 2 is 2.31 bits per heavy atom. The molecule has 0 atom stereocenters. The van der Waals surface area contributed by atoms with E-state index in [2.05, 4.69) is 21.2 Å². The van der Waals surface area contributed by atoms with Gasteiger partial charge in [0.25, 0.3) is 0 Å². The molecule has 0 unspecified atom stereocenters.